The number of dihydropyridines is 1. The van der Waals surface area contributed by atoms with Crippen molar-refractivity contribution in [3.8, 4) is 0 Å². The Morgan fingerprint density at radius 3 is 2.64 bits per heavy atom. The molecule has 0 saturated heterocycles. The molecule has 1 heterocycles. The molecule has 1 atom stereocenters. The van der Waals surface area contributed by atoms with Gasteiger partial charge >= 0.3 is 6.61 Å². The maximum absolute atomic E-state index is 11.7. The zero-order valence-corrected chi connectivity index (χ0v) is 7.01. The first kappa shape index (κ1) is 8.67. The van der Waals surface area contributed by atoms with Gasteiger partial charge in [-0.3, -0.25) is 4.74 Å². The highest BCUT2D eigenvalue weighted by molar-refractivity contribution is 9.10. The second-order valence-corrected chi connectivity index (χ2v) is 3.06. The molecular formula is C6H6BrF2NO. The molecule has 1 N–H and O–H groups in total. The number of hydrogen-bond donors (Lipinski definition) is 1. The molecule has 0 aromatic rings. The van der Waals surface area contributed by atoms with E-state index in [9.17, 15) is 8.78 Å². The monoisotopic (exact) mass is 225 g/mol. The average Bonchev–Trinajstić information content (AvgIpc) is 1.85. The van der Waals surface area contributed by atoms with Crippen molar-refractivity contribution in [3.05, 3.63) is 24.4 Å². The summed E-state index contributed by atoms with van der Waals surface area (Å²) in [6.07, 6.45) is 6.23. The molecule has 0 saturated carbocycles. The summed E-state index contributed by atoms with van der Waals surface area (Å²) in [5, 5.41) is 2.57. The van der Waals surface area contributed by atoms with E-state index >= 15 is 0 Å². The molecule has 0 aromatic carbocycles. The van der Waals surface area contributed by atoms with Crippen molar-refractivity contribution in [2.45, 2.75) is 11.2 Å². The highest BCUT2D eigenvalue weighted by Gasteiger charge is 2.27. The van der Waals surface area contributed by atoms with Crippen molar-refractivity contribution >= 4 is 15.9 Å². The predicted octanol–water partition coefficient (Wildman–Crippen LogP) is 1.95. The third kappa shape index (κ3) is 2.59. The van der Waals surface area contributed by atoms with E-state index in [2.05, 4.69) is 26.0 Å². The van der Waals surface area contributed by atoms with Crippen molar-refractivity contribution in [2.24, 2.45) is 0 Å². The quantitative estimate of drug-likeness (QED) is 0.573. The molecule has 5 heteroatoms. The highest BCUT2D eigenvalue weighted by atomic mass is 79.9. The van der Waals surface area contributed by atoms with Gasteiger partial charge < -0.3 is 5.32 Å². The second kappa shape index (κ2) is 3.32. The van der Waals surface area contributed by atoms with E-state index in [-0.39, 0.29) is 0 Å². The lowest BCUT2D eigenvalue weighted by Crippen LogP contribution is -2.39. The van der Waals surface area contributed by atoms with Gasteiger partial charge in [0, 0.05) is 0 Å². The minimum atomic E-state index is -2.81. The Morgan fingerprint density at radius 2 is 2.18 bits per heavy atom. The summed E-state index contributed by atoms with van der Waals surface area (Å²) in [4.78, 5) is 0. The van der Waals surface area contributed by atoms with Crippen LogP contribution >= 0.6 is 15.9 Å². The summed E-state index contributed by atoms with van der Waals surface area (Å²) in [5.41, 5.74) is 0. The normalized spacial score (nSPS) is 29.1. The van der Waals surface area contributed by atoms with Crippen molar-refractivity contribution in [3.63, 3.8) is 0 Å². The van der Waals surface area contributed by atoms with Gasteiger partial charge in [-0.1, -0.05) is 6.08 Å². The maximum atomic E-state index is 11.7. The first-order chi connectivity index (χ1) is 5.12. The van der Waals surface area contributed by atoms with E-state index in [1.165, 1.54) is 12.3 Å². The maximum Gasteiger partial charge on any atom is 0.348 e. The number of halogens is 3. The summed E-state index contributed by atoms with van der Waals surface area (Å²) in [6, 6.07) is 0. The van der Waals surface area contributed by atoms with Gasteiger partial charge in [0.25, 0.3) is 0 Å². The van der Waals surface area contributed by atoms with Crippen LogP contribution in [0, 0.1) is 0 Å². The summed E-state index contributed by atoms with van der Waals surface area (Å²) < 4.78 is 26.4. The van der Waals surface area contributed by atoms with Crippen molar-refractivity contribution in [1.82, 2.24) is 5.32 Å². The van der Waals surface area contributed by atoms with Crippen LogP contribution in [0.25, 0.3) is 0 Å². The molecule has 2 nitrogen and oxygen atoms in total. The summed E-state index contributed by atoms with van der Waals surface area (Å²) in [6.45, 7) is -2.81. The summed E-state index contributed by atoms with van der Waals surface area (Å²) in [7, 11) is 0. The smallest absolute Gasteiger partial charge is 0.348 e. The Morgan fingerprint density at radius 1 is 1.45 bits per heavy atom. The Bertz CT molecular complexity index is 195. The zero-order valence-electron chi connectivity index (χ0n) is 5.43. The van der Waals surface area contributed by atoms with Crippen LogP contribution in [-0.4, -0.2) is 11.2 Å². The van der Waals surface area contributed by atoms with E-state index in [0.717, 1.165) is 0 Å². The fourth-order valence-corrected chi connectivity index (χ4v) is 1.07. The Balaban J connectivity index is 2.54. The molecule has 0 bridgehead atoms. The van der Waals surface area contributed by atoms with Crippen molar-refractivity contribution in [2.75, 3.05) is 0 Å². The first-order valence-electron chi connectivity index (χ1n) is 2.89. The highest BCUT2D eigenvalue weighted by Crippen LogP contribution is 2.23. The lowest BCUT2D eigenvalue weighted by Gasteiger charge is -2.25. The van der Waals surface area contributed by atoms with Gasteiger partial charge in [0.15, 0.2) is 0 Å². The largest absolute Gasteiger partial charge is 0.351 e. The third-order valence-electron chi connectivity index (χ3n) is 1.06. The topological polar surface area (TPSA) is 21.3 Å². The molecule has 1 aliphatic rings. The number of nitrogens with one attached hydrogen (secondary N) is 1. The van der Waals surface area contributed by atoms with Crippen LogP contribution in [0.2, 0.25) is 0 Å². The van der Waals surface area contributed by atoms with Gasteiger partial charge in [0.1, 0.15) is 0 Å². The van der Waals surface area contributed by atoms with Crippen LogP contribution in [0.3, 0.4) is 0 Å². The van der Waals surface area contributed by atoms with Gasteiger partial charge in [0.05, 0.1) is 0 Å². The fourth-order valence-electron chi connectivity index (χ4n) is 0.648. The molecule has 1 unspecified atom stereocenters. The molecule has 0 fully saturated rings. The lowest BCUT2D eigenvalue weighted by atomic mass is 10.4. The second-order valence-electron chi connectivity index (χ2n) is 1.89. The van der Waals surface area contributed by atoms with Crippen molar-refractivity contribution < 1.29 is 13.5 Å². The predicted molar refractivity (Wildman–Crippen MR) is 40.2 cm³/mol. The summed E-state index contributed by atoms with van der Waals surface area (Å²) in [5.74, 6) is 0. The Hall–Kier alpha value is -0.420. The van der Waals surface area contributed by atoms with Gasteiger partial charge in [-0.2, -0.15) is 8.78 Å². The van der Waals surface area contributed by atoms with E-state index in [1.807, 2.05) is 0 Å². The molecule has 1 rings (SSSR count). The Labute approximate surface area is 71.0 Å². The first-order valence-corrected chi connectivity index (χ1v) is 3.69. The molecule has 11 heavy (non-hydrogen) atoms. The van der Waals surface area contributed by atoms with Crippen LogP contribution < -0.4 is 5.32 Å². The molecule has 1 aliphatic heterocycles. The zero-order chi connectivity index (χ0) is 8.32. The van der Waals surface area contributed by atoms with Crippen LogP contribution in [0.15, 0.2) is 24.4 Å². The van der Waals surface area contributed by atoms with Crippen LogP contribution in [0.1, 0.15) is 0 Å². The van der Waals surface area contributed by atoms with E-state index < -0.39 is 11.2 Å². The average molecular weight is 226 g/mol. The number of rotatable bonds is 2. The molecule has 0 radical (unpaired) electrons. The number of allylic oxidation sites excluding steroid dienone is 2. The third-order valence-corrected chi connectivity index (χ3v) is 1.74. The van der Waals surface area contributed by atoms with Gasteiger partial charge in [-0.25, -0.2) is 0 Å². The molecule has 0 aromatic heterocycles. The molecule has 0 amide bonds. The minimum Gasteiger partial charge on any atom is -0.351 e. The van der Waals surface area contributed by atoms with Crippen LogP contribution in [0.4, 0.5) is 8.78 Å². The Kier molecular flexibility index (Phi) is 2.62. The molecular weight excluding hydrogens is 220 g/mol. The van der Waals surface area contributed by atoms with Gasteiger partial charge in [-0.05, 0) is 34.3 Å². The van der Waals surface area contributed by atoms with Crippen LogP contribution in [0.5, 0.6) is 0 Å². The number of alkyl halides is 3. The SMILES string of the molecule is FC(F)OC1(Br)C=CC=CN1. The van der Waals surface area contributed by atoms with E-state index in [0.29, 0.717) is 0 Å². The fraction of sp³-hybridized carbons (Fsp3) is 0.333. The molecule has 62 valence electrons. The molecule has 0 aliphatic carbocycles. The number of ether oxygens (including phenoxy) is 1. The van der Waals surface area contributed by atoms with E-state index in [1.54, 1.807) is 12.2 Å². The standard InChI is InChI=1S/C6H6BrF2NO/c7-6(11-5(8)9)3-1-2-4-10-6/h1-5,10H. The van der Waals surface area contributed by atoms with Gasteiger partial charge in [-0.15, -0.1) is 0 Å². The number of hydrogen-bond acceptors (Lipinski definition) is 2. The van der Waals surface area contributed by atoms with Crippen LogP contribution in [-0.2, 0) is 4.74 Å². The summed E-state index contributed by atoms with van der Waals surface area (Å²) >= 11 is 2.95. The van der Waals surface area contributed by atoms with Crippen molar-refractivity contribution in [1.29, 1.82) is 0 Å². The van der Waals surface area contributed by atoms with E-state index in [4.69, 9.17) is 0 Å². The van der Waals surface area contributed by atoms with Gasteiger partial charge in [0.2, 0.25) is 4.63 Å². The molecule has 0 spiro atoms. The minimum absolute atomic E-state index is 1.25. The lowest BCUT2D eigenvalue weighted by molar-refractivity contribution is -0.164.